The van der Waals surface area contributed by atoms with E-state index in [1.54, 1.807) is 24.5 Å². The first kappa shape index (κ1) is 13.9. The van der Waals surface area contributed by atoms with Crippen molar-refractivity contribution in [3.05, 3.63) is 29.1 Å². The van der Waals surface area contributed by atoms with Crippen molar-refractivity contribution < 1.29 is 19.1 Å². The van der Waals surface area contributed by atoms with Gasteiger partial charge in [0, 0.05) is 19.2 Å². The van der Waals surface area contributed by atoms with Crippen molar-refractivity contribution in [1.29, 1.82) is 0 Å². The molecular formula is C14H14N2O4S. The lowest BCUT2D eigenvalue weighted by molar-refractivity contribution is -0.143. The Morgan fingerprint density at radius 3 is 2.86 bits per heavy atom. The van der Waals surface area contributed by atoms with Crippen LogP contribution in [-0.4, -0.2) is 40.1 Å². The van der Waals surface area contributed by atoms with E-state index in [4.69, 9.17) is 9.52 Å². The Morgan fingerprint density at radius 1 is 1.48 bits per heavy atom. The maximum absolute atomic E-state index is 11.9. The highest BCUT2D eigenvalue weighted by molar-refractivity contribution is 8.18. The number of furan rings is 1. The van der Waals surface area contributed by atoms with Crippen molar-refractivity contribution in [3.63, 3.8) is 0 Å². The Balaban J connectivity index is 1.65. The predicted octanol–water partition coefficient (Wildman–Crippen LogP) is 2.05. The van der Waals surface area contributed by atoms with Crippen molar-refractivity contribution in [1.82, 2.24) is 4.90 Å². The molecule has 0 atom stereocenters. The lowest BCUT2D eigenvalue weighted by atomic mass is 9.98. The zero-order valence-corrected chi connectivity index (χ0v) is 12.0. The summed E-state index contributed by atoms with van der Waals surface area (Å²) in [6.07, 6.45) is 4.39. The molecule has 0 spiro atoms. The molecule has 1 fully saturated rings. The molecule has 21 heavy (non-hydrogen) atoms. The van der Waals surface area contributed by atoms with Crippen LogP contribution < -0.4 is 0 Å². The summed E-state index contributed by atoms with van der Waals surface area (Å²) < 4.78 is 5.19. The minimum absolute atomic E-state index is 0.272. The smallest absolute Gasteiger partial charge is 0.306 e. The quantitative estimate of drug-likeness (QED) is 0.842. The number of thioether (sulfide) groups is 1. The van der Waals surface area contributed by atoms with Gasteiger partial charge in [-0.3, -0.25) is 9.59 Å². The summed E-state index contributed by atoms with van der Waals surface area (Å²) in [6.45, 7) is 1.23. The molecule has 0 aliphatic carbocycles. The van der Waals surface area contributed by atoms with Gasteiger partial charge in [0.1, 0.15) is 5.76 Å². The molecule has 110 valence electrons. The topological polar surface area (TPSA) is 83.1 Å². The van der Waals surface area contributed by atoms with Gasteiger partial charge in [-0.2, -0.15) is 4.99 Å². The molecule has 3 heterocycles. The van der Waals surface area contributed by atoms with Gasteiger partial charge in [0.25, 0.3) is 5.91 Å². The van der Waals surface area contributed by atoms with E-state index in [0.29, 0.717) is 41.8 Å². The summed E-state index contributed by atoms with van der Waals surface area (Å²) in [6, 6.07) is 3.53. The van der Waals surface area contributed by atoms with Gasteiger partial charge in [0.05, 0.1) is 17.1 Å². The summed E-state index contributed by atoms with van der Waals surface area (Å²) >= 11 is 1.31. The molecule has 1 amide bonds. The molecule has 1 saturated heterocycles. The van der Waals surface area contributed by atoms with Crippen LogP contribution in [-0.2, 0) is 9.59 Å². The van der Waals surface area contributed by atoms with Gasteiger partial charge in [0.2, 0.25) is 0 Å². The van der Waals surface area contributed by atoms with Gasteiger partial charge in [-0.05, 0) is 36.7 Å². The Bertz CT molecular complexity index is 613. The van der Waals surface area contributed by atoms with Crippen molar-refractivity contribution in [2.75, 3.05) is 13.1 Å². The van der Waals surface area contributed by atoms with E-state index >= 15 is 0 Å². The van der Waals surface area contributed by atoms with Crippen LogP contribution in [0.3, 0.4) is 0 Å². The molecule has 2 aliphatic heterocycles. The molecule has 0 saturated carbocycles. The summed E-state index contributed by atoms with van der Waals surface area (Å²) in [4.78, 5) is 29.4. The van der Waals surface area contributed by atoms with Gasteiger partial charge < -0.3 is 14.4 Å². The van der Waals surface area contributed by atoms with Crippen LogP contribution in [0.1, 0.15) is 18.6 Å². The second-order valence-corrected chi connectivity index (χ2v) is 5.93. The van der Waals surface area contributed by atoms with Gasteiger partial charge in [-0.25, -0.2) is 0 Å². The second-order valence-electron chi connectivity index (χ2n) is 4.93. The molecule has 0 bridgehead atoms. The summed E-state index contributed by atoms with van der Waals surface area (Å²) in [5, 5.41) is 9.64. The maximum atomic E-state index is 11.9. The molecule has 0 unspecified atom stereocenters. The minimum Gasteiger partial charge on any atom is -0.481 e. The van der Waals surface area contributed by atoms with E-state index in [2.05, 4.69) is 4.99 Å². The highest BCUT2D eigenvalue weighted by Gasteiger charge is 2.31. The molecule has 1 aromatic rings. The van der Waals surface area contributed by atoms with Crippen LogP contribution in [0.4, 0.5) is 0 Å². The average molecular weight is 306 g/mol. The highest BCUT2D eigenvalue weighted by atomic mass is 32.2. The Kier molecular flexibility index (Phi) is 3.83. The molecule has 1 aromatic heterocycles. The van der Waals surface area contributed by atoms with Crippen molar-refractivity contribution in [2.45, 2.75) is 12.8 Å². The Labute approximate surface area is 125 Å². The first-order valence-corrected chi connectivity index (χ1v) is 7.49. The highest BCUT2D eigenvalue weighted by Crippen LogP contribution is 2.32. The average Bonchev–Trinajstić information content (AvgIpc) is 3.10. The fraction of sp³-hybridized carbons (Fsp3) is 0.357. The molecule has 0 aromatic carbocycles. The van der Waals surface area contributed by atoms with E-state index in [9.17, 15) is 9.59 Å². The first-order chi connectivity index (χ1) is 10.1. The van der Waals surface area contributed by atoms with Gasteiger partial charge in [-0.1, -0.05) is 0 Å². The van der Waals surface area contributed by atoms with E-state index in [1.165, 1.54) is 11.8 Å². The third kappa shape index (κ3) is 3.02. The van der Waals surface area contributed by atoms with Crippen molar-refractivity contribution >= 4 is 34.9 Å². The number of likely N-dealkylation sites (tertiary alicyclic amines) is 1. The zero-order valence-electron chi connectivity index (χ0n) is 11.2. The standard InChI is InChI=1S/C14H14N2O4S/c17-12-11(8-10-2-1-7-20-10)21-14(15-12)16-5-3-9(4-6-16)13(18)19/h1-2,7-9H,3-6H2,(H,18,19). The van der Waals surface area contributed by atoms with Gasteiger partial charge >= 0.3 is 5.97 Å². The molecule has 7 heteroatoms. The fourth-order valence-corrected chi connectivity index (χ4v) is 3.30. The number of carboxylic acid groups (broad SMARTS) is 1. The molecule has 0 radical (unpaired) electrons. The monoisotopic (exact) mass is 306 g/mol. The summed E-state index contributed by atoms with van der Waals surface area (Å²) in [7, 11) is 0. The van der Waals surface area contributed by atoms with Crippen LogP contribution in [0.15, 0.2) is 32.7 Å². The number of carbonyl (C=O) groups excluding carboxylic acids is 1. The normalized spacial score (nSPS) is 21.9. The lowest BCUT2D eigenvalue weighted by Gasteiger charge is -2.30. The number of carbonyl (C=O) groups is 2. The van der Waals surface area contributed by atoms with Crippen LogP contribution in [0, 0.1) is 5.92 Å². The molecule has 3 rings (SSSR count). The SMILES string of the molecule is O=C1N=C(N2CCC(C(=O)O)CC2)SC1=Cc1ccco1. The number of aliphatic imine (C=N–C) groups is 1. The van der Waals surface area contributed by atoms with Crippen LogP contribution in [0.2, 0.25) is 0 Å². The Morgan fingerprint density at radius 2 is 2.24 bits per heavy atom. The third-order valence-corrected chi connectivity index (χ3v) is 4.58. The van der Waals surface area contributed by atoms with Crippen molar-refractivity contribution in [2.24, 2.45) is 10.9 Å². The number of aliphatic carboxylic acids is 1. The zero-order chi connectivity index (χ0) is 14.8. The number of nitrogens with zero attached hydrogens (tertiary/aromatic N) is 2. The number of amidine groups is 1. The number of hydrogen-bond acceptors (Lipinski definition) is 5. The van der Waals surface area contributed by atoms with Crippen LogP contribution >= 0.6 is 11.8 Å². The largest absolute Gasteiger partial charge is 0.481 e. The number of carboxylic acids is 1. The van der Waals surface area contributed by atoms with E-state index in [0.717, 1.165) is 0 Å². The van der Waals surface area contributed by atoms with Gasteiger partial charge in [-0.15, -0.1) is 0 Å². The Hall–Kier alpha value is -2.02. The summed E-state index contributed by atoms with van der Waals surface area (Å²) in [5.41, 5.74) is 0. The van der Waals surface area contributed by atoms with Crippen LogP contribution in [0.25, 0.3) is 6.08 Å². The molecule has 1 N–H and O–H groups in total. The number of hydrogen-bond donors (Lipinski definition) is 1. The van der Waals surface area contributed by atoms with E-state index in [1.807, 2.05) is 4.90 Å². The maximum Gasteiger partial charge on any atom is 0.306 e. The fourth-order valence-electron chi connectivity index (χ4n) is 2.35. The van der Waals surface area contributed by atoms with Crippen molar-refractivity contribution in [3.8, 4) is 0 Å². The lowest BCUT2D eigenvalue weighted by Crippen LogP contribution is -2.38. The third-order valence-electron chi connectivity index (χ3n) is 3.54. The van der Waals surface area contributed by atoms with Gasteiger partial charge in [0.15, 0.2) is 5.17 Å². The van der Waals surface area contributed by atoms with E-state index in [-0.39, 0.29) is 11.8 Å². The van der Waals surface area contributed by atoms with Crippen LogP contribution in [0.5, 0.6) is 0 Å². The van der Waals surface area contributed by atoms with E-state index < -0.39 is 5.97 Å². The first-order valence-electron chi connectivity index (χ1n) is 6.67. The summed E-state index contributed by atoms with van der Waals surface area (Å²) in [5.74, 6) is -0.689. The number of amides is 1. The minimum atomic E-state index is -0.745. The molecule has 2 aliphatic rings. The molecule has 6 nitrogen and oxygen atoms in total. The number of rotatable bonds is 2. The number of piperidine rings is 1. The predicted molar refractivity (Wildman–Crippen MR) is 78.7 cm³/mol. The molecular weight excluding hydrogens is 292 g/mol. The second kappa shape index (κ2) is 5.77.